The average Bonchev–Trinajstić information content (AvgIpc) is 3.05. The van der Waals surface area contributed by atoms with Gasteiger partial charge in [-0.05, 0) is 44.4 Å². The molecule has 0 aliphatic carbocycles. The van der Waals surface area contributed by atoms with Gasteiger partial charge in [-0.25, -0.2) is 9.18 Å². The number of amides is 3. The molecule has 142 valence electrons. The summed E-state index contributed by atoms with van der Waals surface area (Å²) in [6.07, 6.45) is 1.25. The van der Waals surface area contributed by atoms with Crippen LogP contribution in [0.2, 0.25) is 0 Å². The van der Waals surface area contributed by atoms with Crippen molar-refractivity contribution in [3.8, 4) is 0 Å². The third-order valence-corrected chi connectivity index (χ3v) is 4.28. The largest absolute Gasteiger partial charge is 0.481 e. The zero-order chi connectivity index (χ0) is 19.3. The van der Waals surface area contributed by atoms with E-state index in [0.29, 0.717) is 24.9 Å². The molecule has 0 saturated carbocycles. The zero-order valence-electron chi connectivity index (χ0n) is 14.9. The Morgan fingerprint density at radius 2 is 1.92 bits per heavy atom. The Morgan fingerprint density at radius 1 is 1.27 bits per heavy atom. The van der Waals surface area contributed by atoms with Crippen molar-refractivity contribution in [1.82, 2.24) is 15.5 Å². The number of rotatable bonds is 6. The van der Waals surface area contributed by atoms with Crippen LogP contribution in [-0.2, 0) is 9.59 Å². The smallest absolute Gasteiger partial charge is 0.318 e. The molecule has 8 heteroatoms. The van der Waals surface area contributed by atoms with Crippen LogP contribution in [0, 0.1) is 5.82 Å². The molecule has 1 aromatic carbocycles. The van der Waals surface area contributed by atoms with Crippen molar-refractivity contribution in [2.24, 2.45) is 0 Å². The lowest BCUT2D eigenvalue weighted by Gasteiger charge is -2.25. The third kappa shape index (κ3) is 4.93. The van der Waals surface area contributed by atoms with Gasteiger partial charge < -0.3 is 20.6 Å². The quantitative estimate of drug-likeness (QED) is 0.714. The summed E-state index contributed by atoms with van der Waals surface area (Å²) < 4.78 is 13.0. The lowest BCUT2D eigenvalue weighted by atomic mass is 9.99. The minimum atomic E-state index is -1.11. The summed E-state index contributed by atoms with van der Waals surface area (Å²) in [5.41, 5.74) is 0.403. The van der Waals surface area contributed by atoms with Gasteiger partial charge in [0, 0.05) is 19.1 Å². The molecule has 2 rings (SSSR count). The molecule has 1 aliphatic rings. The van der Waals surface area contributed by atoms with Gasteiger partial charge in [-0.15, -0.1) is 0 Å². The van der Waals surface area contributed by atoms with E-state index in [1.165, 1.54) is 29.2 Å². The second-order valence-corrected chi connectivity index (χ2v) is 6.64. The first-order chi connectivity index (χ1) is 12.3. The highest BCUT2D eigenvalue weighted by Gasteiger charge is 2.34. The monoisotopic (exact) mass is 365 g/mol. The molecule has 1 aromatic rings. The number of benzene rings is 1. The van der Waals surface area contributed by atoms with Crippen molar-refractivity contribution in [1.29, 1.82) is 0 Å². The molecule has 0 radical (unpaired) electrons. The van der Waals surface area contributed by atoms with Crippen LogP contribution in [0.25, 0.3) is 0 Å². The number of carboxylic acids is 1. The molecule has 0 bridgehead atoms. The Labute approximate surface area is 151 Å². The minimum absolute atomic E-state index is 0.0401. The van der Waals surface area contributed by atoms with Crippen LogP contribution < -0.4 is 10.6 Å². The van der Waals surface area contributed by atoms with Crippen molar-refractivity contribution < 1.29 is 23.9 Å². The molecule has 0 spiro atoms. The molecule has 1 unspecified atom stereocenters. The van der Waals surface area contributed by atoms with E-state index in [1.54, 1.807) is 0 Å². The van der Waals surface area contributed by atoms with E-state index in [1.807, 2.05) is 13.8 Å². The summed E-state index contributed by atoms with van der Waals surface area (Å²) in [5.74, 6) is -2.94. The summed E-state index contributed by atoms with van der Waals surface area (Å²) in [4.78, 5) is 37.6. The fraction of sp³-hybridized carbons (Fsp3) is 0.500. The van der Waals surface area contributed by atoms with Gasteiger partial charge in [-0.3, -0.25) is 9.59 Å². The summed E-state index contributed by atoms with van der Waals surface area (Å²) in [7, 11) is 0. The summed E-state index contributed by atoms with van der Waals surface area (Å²) in [6.45, 7) is 4.03. The number of carbonyl (C=O) groups excluding carboxylic acids is 2. The second-order valence-electron chi connectivity index (χ2n) is 6.64. The van der Waals surface area contributed by atoms with E-state index in [0.717, 1.165) is 0 Å². The molecule has 0 aromatic heterocycles. The van der Waals surface area contributed by atoms with Crippen LogP contribution in [0.1, 0.15) is 38.2 Å². The molecule has 3 amide bonds. The summed E-state index contributed by atoms with van der Waals surface area (Å²) >= 11 is 0. The second kappa shape index (κ2) is 8.64. The van der Waals surface area contributed by atoms with E-state index in [2.05, 4.69) is 10.6 Å². The van der Waals surface area contributed by atoms with Gasteiger partial charge in [0.05, 0.1) is 5.92 Å². The number of hydrogen-bond donors (Lipinski definition) is 3. The Hall–Kier alpha value is -2.64. The number of hydrogen-bond acceptors (Lipinski definition) is 3. The van der Waals surface area contributed by atoms with Gasteiger partial charge in [-0.1, -0.05) is 12.1 Å². The standard InChI is InChI=1S/C18H24FN3O4/c1-11(2)21-18(26)22-9-3-4-15(22)16(23)20-10-14(17(24)25)12-5-7-13(19)8-6-12/h5-8,11,14-15H,3-4,9-10H2,1-2H3,(H,20,23)(H,21,26)(H,24,25)/t14?,15-/m0/s1. The van der Waals surface area contributed by atoms with E-state index >= 15 is 0 Å². The zero-order valence-corrected chi connectivity index (χ0v) is 14.9. The lowest BCUT2D eigenvalue weighted by molar-refractivity contribution is -0.138. The number of carboxylic acid groups (broad SMARTS) is 1. The highest BCUT2D eigenvalue weighted by Crippen LogP contribution is 2.19. The van der Waals surface area contributed by atoms with Crippen LogP contribution >= 0.6 is 0 Å². The Balaban J connectivity index is 2.00. The topological polar surface area (TPSA) is 98.7 Å². The third-order valence-electron chi connectivity index (χ3n) is 4.28. The van der Waals surface area contributed by atoms with E-state index < -0.39 is 23.7 Å². The molecule has 1 aliphatic heterocycles. The summed E-state index contributed by atoms with van der Waals surface area (Å²) in [5, 5.41) is 14.8. The maximum atomic E-state index is 13.0. The minimum Gasteiger partial charge on any atom is -0.481 e. The average molecular weight is 365 g/mol. The van der Waals surface area contributed by atoms with Gasteiger partial charge in [0.2, 0.25) is 5.91 Å². The number of carbonyl (C=O) groups is 3. The van der Waals surface area contributed by atoms with Gasteiger partial charge >= 0.3 is 12.0 Å². The number of urea groups is 1. The molecule has 7 nitrogen and oxygen atoms in total. The van der Waals surface area contributed by atoms with Crippen molar-refractivity contribution in [2.45, 2.75) is 44.7 Å². The molecule has 1 saturated heterocycles. The van der Waals surface area contributed by atoms with Crippen LogP contribution in [0.4, 0.5) is 9.18 Å². The van der Waals surface area contributed by atoms with Crippen LogP contribution in [0.3, 0.4) is 0 Å². The van der Waals surface area contributed by atoms with Crippen molar-refractivity contribution in [3.05, 3.63) is 35.6 Å². The molecule has 2 atom stereocenters. The van der Waals surface area contributed by atoms with Crippen molar-refractivity contribution in [3.63, 3.8) is 0 Å². The first kappa shape index (κ1) is 19.7. The fourth-order valence-corrected chi connectivity index (χ4v) is 2.98. The van der Waals surface area contributed by atoms with E-state index in [4.69, 9.17) is 0 Å². The predicted molar refractivity (Wildman–Crippen MR) is 93.2 cm³/mol. The number of likely N-dealkylation sites (tertiary alicyclic amines) is 1. The molecule has 3 N–H and O–H groups in total. The maximum absolute atomic E-state index is 13.0. The van der Waals surface area contributed by atoms with Gasteiger partial charge in [0.1, 0.15) is 11.9 Å². The van der Waals surface area contributed by atoms with Crippen LogP contribution in [-0.4, -0.2) is 53.1 Å². The number of aliphatic carboxylic acids is 1. The fourth-order valence-electron chi connectivity index (χ4n) is 2.98. The van der Waals surface area contributed by atoms with Gasteiger partial charge in [0.25, 0.3) is 0 Å². The Kier molecular flexibility index (Phi) is 6.54. The van der Waals surface area contributed by atoms with E-state index in [9.17, 15) is 23.9 Å². The van der Waals surface area contributed by atoms with Crippen molar-refractivity contribution in [2.75, 3.05) is 13.1 Å². The number of nitrogens with zero attached hydrogens (tertiary/aromatic N) is 1. The highest BCUT2D eigenvalue weighted by atomic mass is 19.1. The molecular weight excluding hydrogens is 341 g/mol. The van der Waals surface area contributed by atoms with Gasteiger partial charge in [-0.2, -0.15) is 0 Å². The van der Waals surface area contributed by atoms with Crippen LogP contribution in [0.15, 0.2) is 24.3 Å². The Bertz CT molecular complexity index is 663. The molecule has 26 heavy (non-hydrogen) atoms. The first-order valence-electron chi connectivity index (χ1n) is 8.62. The predicted octanol–water partition coefficient (Wildman–Crippen LogP) is 1.69. The van der Waals surface area contributed by atoms with Crippen LogP contribution in [0.5, 0.6) is 0 Å². The number of nitrogens with one attached hydrogen (secondary N) is 2. The molecule has 1 fully saturated rings. The van der Waals surface area contributed by atoms with E-state index in [-0.39, 0.29) is 24.5 Å². The Morgan fingerprint density at radius 3 is 2.50 bits per heavy atom. The SMILES string of the molecule is CC(C)NC(=O)N1CCC[C@H]1C(=O)NCC(C(=O)O)c1ccc(F)cc1. The molecule has 1 heterocycles. The maximum Gasteiger partial charge on any atom is 0.318 e. The molecular formula is C18H24FN3O4. The normalized spacial score (nSPS) is 17.8. The lowest BCUT2D eigenvalue weighted by Crippen LogP contribution is -2.51. The highest BCUT2D eigenvalue weighted by molar-refractivity contribution is 5.88. The number of halogens is 1. The first-order valence-corrected chi connectivity index (χ1v) is 8.62. The van der Waals surface area contributed by atoms with Crippen molar-refractivity contribution >= 4 is 17.9 Å². The van der Waals surface area contributed by atoms with Gasteiger partial charge in [0.15, 0.2) is 0 Å². The summed E-state index contributed by atoms with van der Waals surface area (Å²) in [6, 6.07) is 4.18.